The van der Waals surface area contributed by atoms with Gasteiger partial charge in [0, 0.05) is 12.6 Å². The lowest BCUT2D eigenvalue weighted by Crippen LogP contribution is -2.45. The van der Waals surface area contributed by atoms with Gasteiger partial charge in [0.15, 0.2) is 0 Å². The van der Waals surface area contributed by atoms with Crippen molar-refractivity contribution < 1.29 is 17.7 Å². The number of aryl methyl sites for hydroxylation is 1. The van der Waals surface area contributed by atoms with Crippen LogP contribution in [0.1, 0.15) is 52.5 Å². The zero-order valence-electron chi connectivity index (χ0n) is 16.5. The summed E-state index contributed by atoms with van der Waals surface area (Å²) >= 11 is 0. The minimum Gasteiger partial charge on any atom is -0.403 e. The Morgan fingerprint density at radius 2 is 1.65 bits per heavy atom. The van der Waals surface area contributed by atoms with Crippen molar-refractivity contribution >= 4 is 17.1 Å². The zero-order valence-corrected chi connectivity index (χ0v) is 17.3. The van der Waals surface area contributed by atoms with Crippen LogP contribution in [-0.4, -0.2) is 43.6 Å². The molecule has 0 aliphatic carbocycles. The van der Waals surface area contributed by atoms with Crippen LogP contribution in [0.25, 0.3) is 0 Å². The van der Waals surface area contributed by atoms with E-state index in [0.29, 0.717) is 17.8 Å². The van der Waals surface area contributed by atoms with Crippen LogP contribution >= 0.6 is 0 Å². The summed E-state index contributed by atoms with van der Waals surface area (Å²) in [6.45, 7) is 10.6. The molecule has 1 unspecified atom stereocenters. The fourth-order valence-corrected chi connectivity index (χ4v) is 5.36. The van der Waals surface area contributed by atoms with Crippen molar-refractivity contribution in [3.63, 3.8) is 0 Å². The minimum absolute atomic E-state index is 0.0928. The quantitative estimate of drug-likeness (QED) is 0.750. The van der Waals surface area contributed by atoms with Gasteiger partial charge in [-0.2, -0.15) is 4.31 Å². The van der Waals surface area contributed by atoms with Gasteiger partial charge in [0.2, 0.25) is 10.0 Å². The Hall–Kier alpha value is -0.885. The van der Waals surface area contributed by atoms with Crippen LogP contribution in [0.15, 0.2) is 29.2 Å². The molecule has 2 saturated heterocycles. The molecule has 2 aliphatic heterocycles. The molecule has 1 atom stereocenters. The molecule has 0 amide bonds. The molecule has 1 aromatic rings. The predicted molar refractivity (Wildman–Crippen MR) is 104 cm³/mol. The Kier molecular flexibility index (Phi) is 5.30. The van der Waals surface area contributed by atoms with E-state index >= 15 is 0 Å². The van der Waals surface area contributed by atoms with E-state index < -0.39 is 21.2 Å². The van der Waals surface area contributed by atoms with Gasteiger partial charge in [0.25, 0.3) is 0 Å². The highest BCUT2D eigenvalue weighted by Crippen LogP contribution is 2.39. The molecule has 7 heteroatoms. The number of hydrogen-bond acceptors (Lipinski definition) is 4. The first kappa shape index (κ1) is 19.9. The lowest BCUT2D eigenvalue weighted by atomic mass is 9.78. The highest BCUT2D eigenvalue weighted by Gasteiger charge is 2.52. The van der Waals surface area contributed by atoms with Gasteiger partial charge in [-0.3, -0.25) is 0 Å². The molecule has 3 rings (SSSR count). The Bertz CT molecular complexity index is 729. The Labute approximate surface area is 158 Å². The second-order valence-corrected chi connectivity index (χ2v) is 10.4. The maximum Gasteiger partial charge on any atom is 0.459 e. The molecule has 0 aromatic heterocycles. The van der Waals surface area contributed by atoms with Crippen molar-refractivity contribution in [2.75, 3.05) is 6.54 Å². The molecule has 0 N–H and O–H groups in total. The third kappa shape index (κ3) is 3.72. The van der Waals surface area contributed by atoms with Crippen molar-refractivity contribution in [1.29, 1.82) is 0 Å². The lowest BCUT2D eigenvalue weighted by molar-refractivity contribution is 0.00578. The SMILES string of the molecule is Cc1ccc(S(=O)(=O)N2CCCCC2CB2OC(C)(C)C(C)(C)O2)cc1. The molecule has 2 heterocycles. The summed E-state index contributed by atoms with van der Waals surface area (Å²) < 4.78 is 40.2. The summed E-state index contributed by atoms with van der Waals surface area (Å²) in [6.07, 6.45) is 3.34. The summed E-state index contributed by atoms with van der Waals surface area (Å²) in [6, 6.07) is 7.00. The number of rotatable bonds is 4. The molecular weight excluding hydrogens is 349 g/mol. The number of sulfonamides is 1. The van der Waals surface area contributed by atoms with Crippen molar-refractivity contribution in [3.05, 3.63) is 29.8 Å². The molecule has 2 fully saturated rings. The third-order valence-electron chi connectivity index (χ3n) is 5.97. The Morgan fingerprint density at radius 1 is 1.08 bits per heavy atom. The monoisotopic (exact) mass is 379 g/mol. The number of benzene rings is 1. The Morgan fingerprint density at radius 3 is 2.23 bits per heavy atom. The first-order valence-electron chi connectivity index (χ1n) is 9.47. The summed E-state index contributed by atoms with van der Waals surface area (Å²) in [7, 11) is -3.88. The Balaban J connectivity index is 1.79. The van der Waals surface area contributed by atoms with Crippen LogP contribution in [-0.2, 0) is 19.3 Å². The molecule has 144 valence electrons. The standard InChI is InChI=1S/C19H30BNO4S/c1-15-9-11-17(12-10-15)26(22,23)21-13-7-6-8-16(21)14-20-24-18(2,3)19(4,5)25-20/h9-12,16H,6-8,13-14H2,1-5H3. The number of hydrogen-bond donors (Lipinski definition) is 0. The molecule has 1 aromatic carbocycles. The first-order chi connectivity index (χ1) is 12.0. The molecule has 0 radical (unpaired) electrons. The van der Waals surface area contributed by atoms with E-state index in [1.807, 2.05) is 46.8 Å². The first-order valence-corrected chi connectivity index (χ1v) is 10.9. The van der Waals surface area contributed by atoms with E-state index in [4.69, 9.17) is 9.31 Å². The van der Waals surface area contributed by atoms with Gasteiger partial charge >= 0.3 is 7.12 Å². The highest BCUT2D eigenvalue weighted by molar-refractivity contribution is 7.89. The maximum atomic E-state index is 13.2. The van der Waals surface area contributed by atoms with Crippen LogP contribution in [0.3, 0.4) is 0 Å². The van der Waals surface area contributed by atoms with Gasteiger partial charge in [0.1, 0.15) is 0 Å². The average molecular weight is 379 g/mol. The van der Waals surface area contributed by atoms with Crippen molar-refractivity contribution in [1.82, 2.24) is 4.31 Å². The smallest absolute Gasteiger partial charge is 0.403 e. The highest BCUT2D eigenvalue weighted by atomic mass is 32.2. The van der Waals surface area contributed by atoms with E-state index in [2.05, 4.69) is 0 Å². The van der Waals surface area contributed by atoms with Crippen LogP contribution < -0.4 is 0 Å². The lowest BCUT2D eigenvalue weighted by Gasteiger charge is -2.35. The normalized spacial score (nSPS) is 26.2. The van der Waals surface area contributed by atoms with Crippen molar-refractivity contribution in [2.24, 2.45) is 0 Å². The van der Waals surface area contributed by atoms with Gasteiger partial charge < -0.3 is 9.31 Å². The van der Waals surface area contributed by atoms with Crippen LogP contribution in [0.5, 0.6) is 0 Å². The van der Waals surface area contributed by atoms with Crippen LogP contribution in [0.4, 0.5) is 0 Å². The summed E-state index contributed by atoms with van der Waals surface area (Å²) in [5.74, 6) is 0. The van der Waals surface area contributed by atoms with Gasteiger partial charge in [-0.1, -0.05) is 24.1 Å². The second kappa shape index (κ2) is 6.93. The topological polar surface area (TPSA) is 55.8 Å². The second-order valence-electron chi connectivity index (χ2n) is 8.50. The van der Waals surface area contributed by atoms with Crippen molar-refractivity contribution in [3.8, 4) is 0 Å². The van der Waals surface area contributed by atoms with Gasteiger partial charge in [-0.05, 0) is 65.9 Å². The van der Waals surface area contributed by atoms with E-state index in [-0.39, 0.29) is 13.2 Å². The number of nitrogens with zero attached hydrogens (tertiary/aromatic N) is 1. The minimum atomic E-state index is -3.50. The largest absolute Gasteiger partial charge is 0.459 e. The molecule has 0 spiro atoms. The van der Waals surface area contributed by atoms with E-state index in [0.717, 1.165) is 24.8 Å². The number of piperidine rings is 1. The van der Waals surface area contributed by atoms with Gasteiger partial charge in [-0.25, -0.2) is 8.42 Å². The predicted octanol–water partition coefficient (Wildman–Crippen LogP) is 3.63. The fourth-order valence-electron chi connectivity index (χ4n) is 3.66. The average Bonchev–Trinajstić information content (AvgIpc) is 2.75. The third-order valence-corrected chi connectivity index (χ3v) is 7.93. The molecule has 0 bridgehead atoms. The van der Waals surface area contributed by atoms with Gasteiger partial charge in [-0.15, -0.1) is 0 Å². The van der Waals surface area contributed by atoms with E-state index in [9.17, 15) is 8.42 Å². The summed E-state index contributed by atoms with van der Waals surface area (Å²) in [5, 5.41) is 0. The van der Waals surface area contributed by atoms with Crippen LogP contribution in [0, 0.1) is 6.92 Å². The molecule has 26 heavy (non-hydrogen) atoms. The van der Waals surface area contributed by atoms with Crippen LogP contribution in [0.2, 0.25) is 6.32 Å². The molecule has 5 nitrogen and oxygen atoms in total. The van der Waals surface area contributed by atoms with E-state index in [1.165, 1.54) is 0 Å². The van der Waals surface area contributed by atoms with Gasteiger partial charge in [0.05, 0.1) is 16.1 Å². The van der Waals surface area contributed by atoms with E-state index in [1.54, 1.807) is 16.4 Å². The maximum absolute atomic E-state index is 13.2. The summed E-state index contributed by atoms with van der Waals surface area (Å²) in [5.41, 5.74) is 0.261. The molecular formula is C19H30BNO4S. The summed E-state index contributed by atoms with van der Waals surface area (Å²) in [4.78, 5) is 0.365. The molecule has 0 saturated carbocycles. The zero-order chi connectivity index (χ0) is 19.2. The van der Waals surface area contributed by atoms with Crippen molar-refractivity contribution in [2.45, 2.75) is 82.3 Å². The fraction of sp³-hybridized carbons (Fsp3) is 0.684. The molecule has 2 aliphatic rings.